The number of aliphatic hydroxyl groups excluding tert-OH is 1. The molecule has 0 saturated heterocycles. The number of hydrogen-bond acceptors (Lipinski definition) is 2. The number of halogens is 2. The topological polar surface area (TPSA) is 23.5 Å². The van der Waals surface area contributed by atoms with Crippen LogP contribution in [0.25, 0.3) is 0 Å². The summed E-state index contributed by atoms with van der Waals surface area (Å²) in [7, 11) is 1.78. The van der Waals surface area contributed by atoms with Gasteiger partial charge in [-0.3, -0.25) is 4.90 Å². The first kappa shape index (κ1) is 15.8. The molecule has 0 aliphatic carbocycles. The Bertz CT molecular complexity index is 423. The number of benzene rings is 1. The van der Waals surface area contributed by atoms with E-state index in [9.17, 15) is 13.9 Å². The second kappa shape index (κ2) is 7.36. The molecule has 1 N–H and O–H groups in total. The van der Waals surface area contributed by atoms with Crippen LogP contribution in [0.3, 0.4) is 0 Å². The third kappa shape index (κ3) is 4.73. The molecule has 0 amide bonds. The van der Waals surface area contributed by atoms with E-state index in [1.54, 1.807) is 20.0 Å². The van der Waals surface area contributed by atoms with Crippen molar-refractivity contribution >= 4 is 0 Å². The molecular formula is C15H21F2NO. The summed E-state index contributed by atoms with van der Waals surface area (Å²) in [5.74, 6) is -0.884. The van der Waals surface area contributed by atoms with Gasteiger partial charge in [-0.25, -0.2) is 8.78 Å². The number of allylic oxidation sites excluding steroid dienone is 1. The average molecular weight is 269 g/mol. The molecule has 1 rings (SSSR count). The first-order valence-corrected chi connectivity index (χ1v) is 6.39. The molecule has 2 atom stereocenters. The molecule has 0 saturated carbocycles. The Kier molecular flexibility index (Phi) is 6.12. The first-order valence-electron chi connectivity index (χ1n) is 6.39. The van der Waals surface area contributed by atoms with Crippen molar-refractivity contribution in [3.8, 4) is 0 Å². The molecule has 0 spiro atoms. The molecule has 0 aliphatic heterocycles. The van der Waals surface area contributed by atoms with Crippen LogP contribution in [0.1, 0.15) is 31.4 Å². The Morgan fingerprint density at radius 1 is 1.42 bits per heavy atom. The van der Waals surface area contributed by atoms with Gasteiger partial charge >= 0.3 is 0 Å². The molecule has 0 radical (unpaired) electrons. The van der Waals surface area contributed by atoms with E-state index in [2.05, 4.69) is 6.58 Å². The fourth-order valence-corrected chi connectivity index (χ4v) is 1.96. The highest BCUT2D eigenvalue weighted by Gasteiger charge is 2.18. The fraction of sp³-hybridized carbons (Fsp3) is 0.467. The van der Waals surface area contributed by atoms with Crippen molar-refractivity contribution in [1.29, 1.82) is 0 Å². The smallest absolute Gasteiger partial charge is 0.128 e. The van der Waals surface area contributed by atoms with Crippen LogP contribution >= 0.6 is 0 Å². The monoisotopic (exact) mass is 269 g/mol. The normalized spacial score (nSPS) is 14.4. The number of nitrogens with zero attached hydrogens (tertiary/aromatic N) is 1. The maximum Gasteiger partial charge on any atom is 0.128 e. The molecule has 4 heteroatoms. The van der Waals surface area contributed by atoms with E-state index < -0.39 is 17.7 Å². The Morgan fingerprint density at radius 3 is 2.74 bits per heavy atom. The number of likely N-dealkylation sites (N-methyl/N-ethyl adjacent to an activating group) is 1. The Labute approximate surface area is 113 Å². The summed E-state index contributed by atoms with van der Waals surface area (Å²) >= 11 is 0. The minimum absolute atomic E-state index is 0.297. The molecule has 2 nitrogen and oxygen atoms in total. The highest BCUT2D eigenvalue weighted by molar-refractivity contribution is 5.21. The van der Waals surface area contributed by atoms with Gasteiger partial charge in [0.15, 0.2) is 0 Å². The van der Waals surface area contributed by atoms with Crippen LogP contribution in [-0.4, -0.2) is 29.7 Å². The fourth-order valence-electron chi connectivity index (χ4n) is 1.96. The van der Waals surface area contributed by atoms with Gasteiger partial charge < -0.3 is 5.11 Å². The van der Waals surface area contributed by atoms with E-state index in [4.69, 9.17) is 0 Å². The van der Waals surface area contributed by atoms with Crippen molar-refractivity contribution < 1.29 is 13.9 Å². The van der Waals surface area contributed by atoms with Crippen LogP contribution in [-0.2, 0) is 0 Å². The average Bonchev–Trinajstić information content (AvgIpc) is 2.38. The predicted octanol–water partition coefficient (Wildman–Crippen LogP) is 3.28. The third-order valence-corrected chi connectivity index (χ3v) is 3.27. The molecule has 0 aromatic heterocycles. The predicted molar refractivity (Wildman–Crippen MR) is 72.8 cm³/mol. The second-order valence-corrected chi connectivity index (χ2v) is 4.80. The molecular weight excluding hydrogens is 248 g/mol. The molecule has 106 valence electrons. The minimum Gasteiger partial charge on any atom is -0.392 e. The lowest BCUT2D eigenvalue weighted by atomic mass is 10.1. The lowest BCUT2D eigenvalue weighted by Gasteiger charge is -2.27. The van der Waals surface area contributed by atoms with E-state index in [0.29, 0.717) is 18.5 Å². The van der Waals surface area contributed by atoms with Gasteiger partial charge in [0.1, 0.15) is 11.6 Å². The van der Waals surface area contributed by atoms with Crippen LogP contribution in [0.2, 0.25) is 0 Å². The summed E-state index contributed by atoms with van der Waals surface area (Å²) in [6.45, 7) is 5.80. The van der Waals surface area contributed by atoms with E-state index in [0.717, 1.165) is 18.6 Å². The Balaban J connectivity index is 2.68. The zero-order chi connectivity index (χ0) is 14.4. The van der Waals surface area contributed by atoms with Crippen molar-refractivity contribution in [3.63, 3.8) is 0 Å². The maximum atomic E-state index is 13.7. The van der Waals surface area contributed by atoms with E-state index in [1.807, 2.05) is 4.90 Å². The van der Waals surface area contributed by atoms with Gasteiger partial charge in [0.2, 0.25) is 0 Å². The Hall–Kier alpha value is -1.26. The third-order valence-electron chi connectivity index (χ3n) is 3.27. The van der Waals surface area contributed by atoms with E-state index >= 15 is 0 Å². The van der Waals surface area contributed by atoms with Crippen molar-refractivity contribution in [3.05, 3.63) is 48.1 Å². The number of hydrogen-bond donors (Lipinski definition) is 1. The van der Waals surface area contributed by atoms with Crippen LogP contribution in [0.15, 0.2) is 30.9 Å². The van der Waals surface area contributed by atoms with Gasteiger partial charge in [0.05, 0.1) is 6.10 Å². The first-order chi connectivity index (χ1) is 8.95. The molecule has 0 bridgehead atoms. The van der Waals surface area contributed by atoms with Gasteiger partial charge in [-0.1, -0.05) is 6.08 Å². The summed E-state index contributed by atoms with van der Waals surface area (Å²) in [4.78, 5) is 1.81. The van der Waals surface area contributed by atoms with Crippen molar-refractivity contribution in [2.24, 2.45) is 0 Å². The van der Waals surface area contributed by atoms with Crippen LogP contribution in [0.5, 0.6) is 0 Å². The molecule has 0 fully saturated rings. The van der Waals surface area contributed by atoms with E-state index in [1.165, 1.54) is 6.07 Å². The van der Waals surface area contributed by atoms with Gasteiger partial charge in [0, 0.05) is 18.2 Å². The zero-order valence-electron chi connectivity index (χ0n) is 11.4. The van der Waals surface area contributed by atoms with Crippen LogP contribution < -0.4 is 0 Å². The molecule has 2 unspecified atom stereocenters. The van der Waals surface area contributed by atoms with Crippen molar-refractivity contribution in [1.82, 2.24) is 4.90 Å². The maximum absolute atomic E-state index is 13.7. The van der Waals surface area contributed by atoms with Gasteiger partial charge in [-0.2, -0.15) is 0 Å². The summed E-state index contributed by atoms with van der Waals surface area (Å²) in [5, 5.41) is 9.81. The summed E-state index contributed by atoms with van der Waals surface area (Å²) in [6.07, 6.45) is 2.60. The van der Waals surface area contributed by atoms with Gasteiger partial charge in [-0.15, -0.1) is 6.58 Å². The number of rotatable bonds is 7. The van der Waals surface area contributed by atoms with Gasteiger partial charge in [-0.05, 0) is 45.0 Å². The minimum atomic E-state index is -0.498. The summed E-state index contributed by atoms with van der Waals surface area (Å²) < 4.78 is 26.8. The van der Waals surface area contributed by atoms with Crippen molar-refractivity contribution in [2.75, 3.05) is 13.6 Å². The molecule has 1 aromatic rings. The lowest BCUT2D eigenvalue weighted by molar-refractivity contribution is 0.101. The molecule has 0 heterocycles. The number of aliphatic hydroxyl groups is 1. The quantitative estimate of drug-likeness (QED) is 0.768. The molecule has 19 heavy (non-hydrogen) atoms. The largest absolute Gasteiger partial charge is 0.392 e. The zero-order valence-corrected chi connectivity index (χ0v) is 11.4. The van der Waals surface area contributed by atoms with Crippen LogP contribution in [0.4, 0.5) is 8.78 Å². The standard InChI is InChI=1S/C15H21F2NO/c1-4-5-6-13(19)10-18(3)11(2)14-9-12(16)7-8-15(14)17/h4,7-9,11,13,19H,1,5-6,10H2,2-3H3. The van der Waals surface area contributed by atoms with Crippen LogP contribution in [0, 0.1) is 11.6 Å². The Morgan fingerprint density at radius 2 is 2.11 bits per heavy atom. The second-order valence-electron chi connectivity index (χ2n) is 4.80. The highest BCUT2D eigenvalue weighted by atomic mass is 19.1. The summed E-state index contributed by atoms with van der Waals surface area (Å²) in [6, 6.07) is 3.13. The molecule has 0 aliphatic rings. The summed E-state index contributed by atoms with van der Waals surface area (Å²) in [5.41, 5.74) is 0.304. The SMILES string of the molecule is C=CCCC(O)CN(C)C(C)c1cc(F)ccc1F. The van der Waals surface area contributed by atoms with Gasteiger partial charge in [0.25, 0.3) is 0 Å². The lowest BCUT2D eigenvalue weighted by Crippen LogP contribution is -2.31. The highest BCUT2D eigenvalue weighted by Crippen LogP contribution is 2.23. The molecule has 1 aromatic carbocycles. The van der Waals surface area contributed by atoms with E-state index in [-0.39, 0.29) is 6.04 Å². The van der Waals surface area contributed by atoms with Crippen molar-refractivity contribution in [2.45, 2.75) is 31.9 Å².